The fourth-order valence-corrected chi connectivity index (χ4v) is 0.512. The van der Waals surface area contributed by atoms with Crippen LogP contribution in [0.2, 0.25) is 0 Å². The van der Waals surface area contributed by atoms with Crippen LogP contribution < -0.4 is 5.32 Å². The maximum atomic E-state index is 8.54. The topological polar surface area (TPSA) is 59.6 Å². The Morgan fingerprint density at radius 2 is 2.00 bits per heavy atom. The summed E-state index contributed by atoms with van der Waals surface area (Å²) in [7, 11) is 0. The van der Waals surface area contributed by atoms with Crippen LogP contribution in [0, 0.1) is 22.7 Å². The van der Waals surface area contributed by atoms with Crippen molar-refractivity contribution in [2.24, 2.45) is 0 Å². The Hall–Kier alpha value is -1.48. The van der Waals surface area contributed by atoms with Gasteiger partial charge in [0, 0.05) is 11.7 Å². The van der Waals surface area contributed by atoms with Gasteiger partial charge in [-0.1, -0.05) is 0 Å². The van der Waals surface area contributed by atoms with Crippen LogP contribution in [-0.4, -0.2) is 5.54 Å². The van der Waals surface area contributed by atoms with Crippen molar-refractivity contribution in [2.45, 2.75) is 32.7 Å². The van der Waals surface area contributed by atoms with Gasteiger partial charge in [-0.3, -0.25) is 0 Å². The standard InChI is InChI=1S/C9H13N3/c1-9(2,3)12-7-8(6-11)4-5-10/h7,12H,4H2,1-3H3/b8-7+. The van der Waals surface area contributed by atoms with Crippen LogP contribution in [0.5, 0.6) is 0 Å². The average Bonchev–Trinajstić information content (AvgIpc) is 1.96. The van der Waals surface area contributed by atoms with Gasteiger partial charge in [0.25, 0.3) is 0 Å². The Morgan fingerprint density at radius 1 is 1.42 bits per heavy atom. The van der Waals surface area contributed by atoms with E-state index < -0.39 is 0 Å². The molecule has 1 N–H and O–H groups in total. The third kappa shape index (κ3) is 5.32. The molecule has 0 spiro atoms. The first-order chi connectivity index (χ1) is 5.49. The number of nitrogens with zero attached hydrogens (tertiary/aromatic N) is 2. The van der Waals surface area contributed by atoms with Crippen LogP contribution in [0.3, 0.4) is 0 Å². The third-order valence-electron chi connectivity index (χ3n) is 1.09. The van der Waals surface area contributed by atoms with Crippen molar-refractivity contribution in [3.63, 3.8) is 0 Å². The quantitative estimate of drug-likeness (QED) is 0.630. The van der Waals surface area contributed by atoms with Gasteiger partial charge >= 0.3 is 0 Å². The molecule has 0 aliphatic carbocycles. The molecule has 3 nitrogen and oxygen atoms in total. The zero-order chi connectivity index (χ0) is 9.61. The molecule has 0 aromatic carbocycles. The molecule has 0 aliphatic heterocycles. The van der Waals surface area contributed by atoms with Gasteiger partial charge in [0.05, 0.1) is 24.1 Å². The summed E-state index contributed by atoms with van der Waals surface area (Å²) in [5.74, 6) is 0. The Morgan fingerprint density at radius 3 is 2.33 bits per heavy atom. The molecule has 0 unspecified atom stereocenters. The second kappa shape index (κ2) is 4.41. The van der Waals surface area contributed by atoms with Gasteiger partial charge in [0.2, 0.25) is 0 Å². The molecule has 0 rings (SSSR count). The lowest BCUT2D eigenvalue weighted by Gasteiger charge is -2.18. The Labute approximate surface area is 73.3 Å². The molecule has 64 valence electrons. The second-order valence-corrected chi connectivity index (χ2v) is 3.51. The smallest absolute Gasteiger partial charge is 0.0973 e. The molecular formula is C9H13N3. The molecule has 0 atom stereocenters. The number of hydrogen-bond acceptors (Lipinski definition) is 3. The van der Waals surface area contributed by atoms with Gasteiger partial charge in [-0.05, 0) is 20.8 Å². The van der Waals surface area contributed by atoms with Crippen LogP contribution in [0.1, 0.15) is 27.2 Å². The van der Waals surface area contributed by atoms with Crippen molar-refractivity contribution in [2.75, 3.05) is 0 Å². The second-order valence-electron chi connectivity index (χ2n) is 3.51. The van der Waals surface area contributed by atoms with Crippen molar-refractivity contribution < 1.29 is 0 Å². The van der Waals surface area contributed by atoms with E-state index in [0.717, 1.165) is 0 Å². The molecule has 0 aromatic rings. The van der Waals surface area contributed by atoms with Crippen molar-refractivity contribution >= 4 is 0 Å². The SMILES string of the molecule is CC(C)(C)N/C=C(/C#N)CC#N. The highest BCUT2D eigenvalue weighted by Gasteiger charge is 2.06. The lowest BCUT2D eigenvalue weighted by atomic mass is 10.1. The monoisotopic (exact) mass is 163 g/mol. The average molecular weight is 163 g/mol. The summed E-state index contributed by atoms with van der Waals surface area (Å²) in [6, 6.07) is 3.88. The zero-order valence-corrected chi connectivity index (χ0v) is 7.68. The van der Waals surface area contributed by atoms with Crippen LogP contribution in [0.25, 0.3) is 0 Å². The first-order valence-corrected chi connectivity index (χ1v) is 3.73. The van der Waals surface area contributed by atoms with Gasteiger partial charge in [-0.2, -0.15) is 10.5 Å². The predicted molar refractivity (Wildman–Crippen MR) is 46.8 cm³/mol. The van der Waals surface area contributed by atoms with Crippen molar-refractivity contribution in [1.29, 1.82) is 10.5 Å². The number of nitriles is 2. The van der Waals surface area contributed by atoms with Crippen molar-refractivity contribution in [3.05, 3.63) is 11.8 Å². The molecule has 0 saturated carbocycles. The summed E-state index contributed by atoms with van der Waals surface area (Å²) in [4.78, 5) is 0. The molecule has 0 bridgehead atoms. The van der Waals surface area contributed by atoms with Gasteiger partial charge in [0.15, 0.2) is 0 Å². The fraction of sp³-hybridized carbons (Fsp3) is 0.556. The minimum atomic E-state index is -0.0580. The molecule has 0 aliphatic rings. The normalized spacial score (nSPS) is 11.6. The Balaban J connectivity index is 4.17. The molecule has 0 amide bonds. The van der Waals surface area contributed by atoms with Gasteiger partial charge in [0.1, 0.15) is 0 Å². The minimum Gasteiger partial charge on any atom is -0.385 e. The first-order valence-electron chi connectivity index (χ1n) is 3.73. The van der Waals surface area contributed by atoms with Crippen LogP contribution in [0.4, 0.5) is 0 Å². The largest absolute Gasteiger partial charge is 0.385 e. The Bertz CT molecular complexity index is 244. The maximum Gasteiger partial charge on any atom is 0.0973 e. The summed E-state index contributed by atoms with van der Waals surface area (Å²) in [6.07, 6.45) is 1.77. The molecule has 0 heterocycles. The number of nitrogens with one attached hydrogen (secondary N) is 1. The van der Waals surface area contributed by atoms with E-state index in [-0.39, 0.29) is 12.0 Å². The number of allylic oxidation sites excluding steroid dienone is 1. The van der Waals surface area contributed by atoms with E-state index in [0.29, 0.717) is 5.57 Å². The van der Waals surface area contributed by atoms with Crippen LogP contribution >= 0.6 is 0 Å². The van der Waals surface area contributed by atoms with Crippen LogP contribution in [-0.2, 0) is 0 Å². The summed E-state index contributed by atoms with van der Waals surface area (Å²) >= 11 is 0. The number of rotatable bonds is 2. The van der Waals surface area contributed by atoms with Crippen molar-refractivity contribution in [3.8, 4) is 12.1 Å². The van der Waals surface area contributed by atoms with Gasteiger partial charge < -0.3 is 5.32 Å². The molecular weight excluding hydrogens is 150 g/mol. The van der Waals surface area contributed by atoms with E-state index in [1.54, 1.807) is 6.20 Å². The lowest BCUT2D eigenvalue weighted by molar-refractivity contribution is 0.490. The molecule has 3 heteroatoms. The van der Waals surface area contributed by atoms with Crippen LogP contribution in [0.15, 0.2) is 11.8 Å². The molecule has 0 fully saturated rings. The molecule has 0 radical (unpaired) electrons. The van der Waals surface area contributed by atoms with Gasteiger partial charge in [-0.15, -0.1) is 0 Å². The molecule has 0 saturated heterocycles. The van der Waals surface area contributed by atoms with E-state index in [2.05, 4.69) is 5.32 Å². The van der Waals surface area contributed by atoms with Crippen molar-refractivity contribution in [1.82, 2.24) is 5.32 Å². The van der Waals surface area contributed by atoms with E-state index in [1.165, 1.54) is 0 Å². The first kappa shape index (κ1) is 10.5. The minimum absolute atomic E-state index is 0.0580. The molecule has 0 aromatic heterocycles. The van der Waals surface area contributed by atoms with E-state index >= 15 is 0 Å². The maximum absolute atomic E-state index is 8.54. The summed E-state index contributed by atoms with van der Waals surface area (Å²) in [6.45, 7) is 5.97. The highest BCUT2D eigenvalue weighted by Crippen LogP contribution is 2.01. The van der Waals surface area contributed by atoms with E-state index in [4.69, 9.17) is 10.5 Å². The Kier molecular flexibility index (Phi) is 3.86. The molecule has 12 heavy (non-hydrogen) atoms. The van der Waals surface area contributed by atoms with Gasteiger partial charge in [-0.25, -0.2) is 0 Å². The number of hydrogen-bond donors (Lipinski definition) is 1. The zero-order valence-electron chi connectivity index (χ0n) is 7.68. The summed E-state index contributed by atoms with van der Waals surface area (Å²) < 4.78 is 0. The highest BCUT2D eigenvalue weighted by atomic mass is 14.9. The van der Waals surface area contributed by atoms with E-state index in [1.807, 2.05) is 32.9 Å². The van der Waals surface area contributed by atoms with E-state index in [9.17, 15) is 0 Å². The summed E-state index contributed by atoms with van der Waals surface area (Å²) in [5.41, 5.74) is 0.407. The fourth-order valence-electron chi connectivity index (χ4n) is 0.512. The predicted octanol–water partition coefficient (Wildman–Crippen LogP) is 1.70. The lowest BCUT2D eigenvalue weighted by Crippen LogP contribution is -2.31. The third-order valence-corrected chi connectivity index (χ3v) is 1.09. The summed E-state index contributed by atoms with van der Waals surface area (Å²) in [5, 5.41) is 19.9. The highest BCUT2D eigenvalue weighted by molar-refractivity contribution is 5.23.